The molecule has 24 heavy (non-hydrogen) atoms. The van der Waals surface area contributed by atoms with Crippen LogP contribution in [0.4, 0.5) is 0 Å². The smallest absolute Gasteiger partial charge is 0.244 e. The zero-order valence-corrected chi connectivity index (χ0v) is 13.3. The molecule has 0 fully saturated rings. The molecule has 4 heteroatoms. The molecule has 0 aliphatic carbocycles. The van der Waals surface area contributed by atoms with Gasteiger partial charge in [-0.2, -0.15) is 5.10 Å². The van der Waals surface area contributed by atoms with E-state index >= 15 is 0 Å². The largest absolute Gasteiger partial charge is 0.348 e. The molecule has 0 radical (unpaired) electrons. The molecule has 4 nitrogen and oxygen atoms in total. The van der Waals surface area contributed by atoms with Crippen molar-refractivity contribution >= 4 is 12.0 Å². The van der Waals surface area contributed by atoms with Crippen LogP contribution < -0.4 is 5.32 Å². The van der Waals surface area contributed by atoms with E-state index < -0.39 is 0 Å². The van der Waals surface area contributed by atoms with E-state index in [0.29, 0.717) is 6.54 Å². The van der Waals surface area contributed by atoms with Crippen molar-refractivity contribution < 1.29 is 4.79 Å². The minimum Gasteiger partial charge on any atom is -0.348 e. The first kappa shape index (κ1) is 15.7. The van der Waals surface area contributed by atoms with Gasteiger partial charge in [-0.15, -0.1) is 0 Å². The highest BCUT2D eigenvalue weighted by Crippen LogP contribution is 2.06. The van der Waals surface area contributed by atoms with Crippen molar-refractivity contribution in [2.75, 3.05) is 0 Å². The molecule has 0 aliphatic heterocycles. The fourth-order valence-electron chi connectivity index (χ4n) is 2.33. The van der Waals surface area contributed by atoms with Crippen molar-refractivity contribution in [3.05, 3.63) is 95.8 Å². The van der Waals surface area contributed by atoms with Crippen LogP contribution in [0.3, 0.4) is 0 Å². The van der Waals surface area contributed by atoms with Gasteiger partial charge in [0.1, 0.15) is 0 Å². The number of carbonyl (C=O) groups is 1. The molecule has 1 N–H and O–H groups in total. The van der Waals surface area contributed by atoms with Gasteiger partial charge >= 0.3 is 0 Å². The molecule has 3 aromatic rings. The summed E-state index contributed by atoms with van der Waals surface area (Å²) in [6.45, 7) is 1.26. The van der Waals surface area contributed by atoms with Gasteiger partial charge in [0.05, 0.1) is 6.54 Å². The SMILES string of the molecule is O=C(C=Cc1ccccc1)NCc1ccc(Cn2cccn2)cc1. The van der Waals surface area contributed by atoms with Crippen molar-refractivity contribution in [3.63, 3.8) is 0 Å². The minimum absolute atomic E-state index is 0.0977. The number of hydrogen-bond acceptors (Lipinski definition) is 2. The third-order valence-electron chi connectivity index (χ3n) is 3.62. The second-order valence-electron chi connectivity index (χ2n) is 5.48. The molecule has 120 valence electrons. The van der Waals surface area contributed by atoms with E-state index in [9.17, 15) is 4.79 Å². The summed E-state index contributed by atoms with van der Waals surface area (Å²) in [7, 11) is 0. The van der Waals surface area contributed by atoms with E-state index in [1.165, 1.54) is 5.56 Å². The monoisotopic (exact) mass is 317 g/mol. The standard InChI is InChI=1S/C20H19N3O/c24-20(12-11-17-5-2-1-3-6-17)21-15-18-7-9-19(10-8-18)16-23-14-4-13-22-23/h1-14H,15-16H2,(H,21,24). The highest BCUT2D eigenvalue weighted by molar-refractivity contribution is 5.91. The molecular formula is C20H19N3O. The molecule has 1 heterocycles. The lowest BCUT2D eigenvalue weighted by atomic mass is 10.1. The first-order valence-corrected chi connectivity index (χ1v) is 7.86. The molecule has 1 amide bonds. The van der Waals surface area contributed by atoms with Crippen molar-refractivity contribution in [2.24, 2.45) is 0 Å². The zero-order valence-electron chi connectivity index (χ0n) is 13.3. The van der Waals surface area contributed by atoms with Crippen LogP contribution in [0.15, 0.2) is 79.1 Å². The van der Waals surface area contributed by atoms with Crippen LogP contribution in [0.1, 0.15) is 16.7 Å². The Hall–Kier alpha value is -3.14. The summed E-state index contributed by atoms with van der Waals surface area (Å²) >= 11 is 0. The summed E-state index contributed by atoms with van der Waals surface area (Å²) in [5.74, 6) is -0.0977. The Morgan fingerprint density at radius 3 is 2.46 bits per heavy atom. The molecule has 0 bridgehead atoms. The van der Waals surface area contributed by atoms with Gasteiger partial charge in [0, 0.05) is 25.0 Å². The van der Waals surface area contributed by atoms with Crippen LogP contribution in [0.25, 0.3) is 6.08 Å². The zero-order chi connectivity index (χ0) is 16.6. The number of amides is 1. The Kier molecular flexibility index (Phi) is 5.20. The lowest BCUT2D eigenvalue weighted by Gasteiger charge is -2.05. The van der Waals surface area contributed by atoms with Gasteiger partial charge < -0.3 is 5.32 Å². The molecule has 0 atom stereocenters. The molecule has 0 saturated heterocycles. The Labute approximate surface area is 141 Å². The highest BCUT2D eigenvalue weighted by atomic mass is 16.1. The predicted octanol–water partition coefficient (Wildman–Crippen LogP) is 3.26. The quantitative estimate of drug-likeness (QED) is 0.709. The van der Waals surface area contributed by atoms with E-state index in [-0.39, 0.29) is 5.91 Å². The average Bonchev–Trinajstić information content (AvgIpc) is 3.13. The van der Waals surface area contributed by atoms with Crippen LogP contribution in [0.5, 0.6) is 0 Å². The Morgan fingerprint density at radius 1 is 1.00 bits per heavy atom. The first-order valence-electron chi connectivity index (χ1n) is 7.86. The van der Waals surface area contributed by atoms with Crippen LogP contribution in [0, 0.1) is 0 Å². The van der Waals surface area contributed by atoms with Gasteiger partial charge in [-0.25, -0.2) is 0 Å². The second kappa shape index (κ2) is 7.92. The van der Waals surface area contributed by atoms with Crippen LogP contribution in [-0.4, -0.2) is 15.7 Å². The number of aromatic nitrogens is 2. The van der Waals surface area contributed by atoms with Gasteiger partial charge in [0.25, 0.3) is 0 Å². The maximum atomic E-state index is 11.9. The number of hydrogen-bond donors (Lipinski definition) is 1. The third kappa shape index (κ3) is 4.68. The lowest BCUT2D eigenvalue weighted by Crippen LogP contribution is -2.20. The van der Waals surface area contributed by atoms with E-state index in [1.54, 1.807) is 12.3 Å². The van der Waals surface area contributed by atoms with Crippen molar-refractivity contribution in [2.45, 2.75) is 13.1 Å². The second-order valence-corrected chi connectivity index (χ2v) is 5.48. The van der Waals surface area contributed by atoms with Crippen LogP contribution in [-0.2, 0) is 17.9 Å². The van der Waals surface area contributed by atoms with Gasteiger partial charge in [-0.05, 0) is 28.8 Å². The number of benzene rings is 2. The lowest BCUT2D eigenvalue weighted by molar-refractivity contribution is -0.116. The summed E-state index contributed by atoms with van der Waals surface area (Å²) in [6.07, 6.45) is 7.07. The fraction of sp³-hybridized carbons (Fsp3) is 0.100. The maximum absolute atomic E-state index is 11.9. The maximum Gasteiger partial charge on any atom is 0.244 e. The highest BCUT2D eigenvalue weighted by Gasteiger charge is 1.99. The van der Waals surface area contributed by atoms with E-state index in [2.05, 4.69) is 22.5 Å². The number of nitrogens with one attached hydrogen (secondary N) is 1. The number of nitrogens with zero attached hydrogens (tertiary/aromatic N) is 2. The summed E-state index contributed by atoms with van der Waals surface area (Å²) in [4.78, 5) is 11.9. The molecule has 2 aromatic carbocycles. The number of rotatable bonds is 6. The van der Waals surface area contributed by atoms with Gasteiger partial charge in [-0.3, -0.25) is 9.48 Å². The topological polar surface area (TPSA) is 46.9 Å². The van der Waals surface area contributed by atoms with E-state index in [4.69, 9.17) is 0 Å². The first-order chi connectivity index (χ1) is 11.8. The Morgan fingerprint density at radius 2 is 1.75 bits per heavy atom. The molecule has 0 aliphatic rings. The van der Waals surface area contributed by atoms with Crippen LogP contribution >= 0.6 is 0 Å². The predicted molar refractivity (Wildman–Crippen MR) is 95.1 cm³/mol. The molecule has 0 spiro atoms. The summed E-state index contributed by atoms with van der Waals surface area (Å²) in [5.41, 5.74) is 3.26. The Bertz CT molecular complexity index is 791. The third-order valence-corrected chi connectivity index (χ3v) is 3.62. The van der Waals surface area contributed by atoms with Gasteiger partial charge in [0.15, 0.2) is 0 Å². The van der Waals surface area contributed by atoms with Crippen molar-refractivity contribution in [1.82, 2.24) is 15.1 Å². The van der Waals surface area contributed by atoms with Gasteiger partial charge in [0.2, 0.25) is 5.91 Å². The fourth-order valence-corrected chi connectivity index (χ4v) is 2.33. The summed E-state index contributed by atoms with van der Waals surface area (Å²) < 4.78 is 1.88. The molecule has 0 unspecified atom stereocenters. The minimum atomic E-state index is -0.0977. The molecule has 0 saturated carbocycles. The van der Waals surface area contributed by atoms with E-state index in [0.717, 1.165) is 17.7 Å². The molecule has 3 rings (SSSR count). The average molecular weight is 317 g/mol. The number of carbonyl (C=O) groups excluding carboxylic acids is 1. The van der Waals surface area contributed by atoms with Gasteiger partial charge in [-0.1, -0.05) is 54.6 Å². The Balaban J connectivity index is 1.49. The normalized spacial score (nSPS) is 10.8. The van der Waals surface area contributed by atoms with E-state index in [1.807, 2.05) is 65.5 Å². The van der Waals surface area contributed by atoms with Crippen molar-refractivity contribution in [3.8, 4) is 0 Å². The molecular weight excluding hydrogens is 298 g/mol. The summed E-state index contributed by atoms with van der Waals surface area (Å²) in [6, 6.07) is 19.8. The van der Waals surface area contributed by atoms with Crippen molar-refractivity contribution in [1.29, 1.82) is 0 Å². The van der Waals surface area contributed by atoms with Crippen LogP contribution in [0.2, 0.25) is 0 Å². The summed E-state index contributed by atoms with van der Waals surface area (Å²) in [5, 5.41) is 7.08. The molecule has 1 aromatic heterocycles.